The lowest BCUT2D eigenvalue weighted by Gasteiger charge is -2.20. The minimum atomic E-state index is -0.333. The van der Waals surface area contributed by atoms with E-state index < -0.39 is 0 Å². The first-order valence-corrected chi connectivity index (χ1v) is 9.25. The summed E-state index contributed by atoms with van der Waals surface area (Å²) >= 11 is 6.08. The molecule has 1 fully saturated rings. The topological polar surface area (TPSA) is 80.0 Å². The molecule has 0 atom stereocenters. The van der Waals surface area contributed by atoms with Crippen LogP contribution in [0.2, 0.25) is 5.02 Å². The van der Waals surface area contributed by atoms with E-state index in [1.54, 1.807) is 30.3 Å². The average Bonchev–Trinajstić information content (AvgIpc) is 3.07. The van der Waals surface area contributed by atoms with Crippen molar-refractivity contribution >= 4 is 29.0 Å². The molecule has 6 nitrogen and oxygen atoms in total. The Morgan fingerprint density at radius 2 is 1.93 bits per heavy atom. The first-order chi connectivity index (χ1) is 13.1. The zero-order valence-corrected chi connectivity index (χ0v) is 15.6. The molecule has 0 bridgehead atoms. The van der Waals surface area contributed by atoms with E-state index in [2.05, 4.69) is 20.8 Å². The minimum absolute atomic E-state index is 0.333. The molecule has 0 radical (unpaired) electrons. The Kier molecular flexibility index (Phi) is 4.81. The Hall–Kier alpha value is -2.86. The zero-order chi connectivity index (χ0) is 18.8. The highest BCUT2D eigenvalue weighted by atomic mass is 35.5. The molecule has 138 valence electrons. The molecule has 7 heteroatoms. The fourth-order valence-electron chi connectivity index (χ4n) is 2.90. The Morgan fingerprint density at radius 3 is 2.63 bits per heavy atom. The first kappa shape index (κ1) is 17.5. The molecule has 1 aliphatic rings. The van der Waals surface area contributed by atoms with Gasteiger partial charge in [0, 0.05) is 27.9 Å². The number of hydrogen-bond donors (Lipinski definition) is 2. The number of amides is 2. The van der Waals surface area contributed by atoms with Crippen LogP contribution >= 0.6 is 11.6 Å². The summed E-state index contributed by atoms with van der Waals surface area (Å²) < 4.78 is 5.35. The maximum atomic E-state index is 12.2. The van der Waals surface area contributed by atoms with Gasteiger partial charge in [0.2, 0.25) is 11.7 Å². The van der Waals surface area contributed by atoms with Gasteiger partial charge < -0.3 is 15.2 Å². The van der Waals surface area contributed by atoms with Crippen LogP contribution in [0.5, 0.6) is 0 Å². The van der Waals surface area contributed by atoms with E-state index in [-0.39, 0.29) is 6.03 Å². The van der Waals surface area contributed by atoms with Crippen LogP contribution in [0, 0.1) is 6.92 Å². The highest BCUT2D eigenvalue weighted by Gasteiger charge is 2.25. The van der Waals surface area contributed by atoms with Crippen LogP contribution in [-0.4, -0.2) is 16.2 Å². The van der Waals surface area contributed by atoms with E-state index in [0.717, 1.165) is 29.9 Å². The maximum absolute atomic E-state index is 12.2. The second-order valence-corrected chi connectivity index (χ2v) is 7.06. The minimum Gasteiger partial charge on any atom is -0.339 e. The number of nitrogens with one attached hydrogen (secondary N) is 2. The van der Waals surface area contributed by atoms with Gasteiger partial charge in [-0.2, -0.15) is 4.98 Å². The van der Waals surface area contributed by atoms with Crippen LogP contribution in [0.15, 0.2) is 47.0 Å². The average molecular weight is 383 g/mol. The quantitative estimate of drug-likeness (QED) is 0.614. The van der Waals surface area contributed by atoms with E-state index >= 15 is 0 Å². The largest absolute Gasteiger partial charge is 0.339 e. The summed E-state index contributed by atoms with van der Waals surface area (Å²) in [5.74, 6) is 1.70. The monoisotopic (exact) mass is 382 g/mol. The smallest absolute Gasteiger partial charge is 0.323 e. The number of urea groups is 1. The van der Waals surface area contributed by atoms with Crippen molar-refractivity contribution < 1.29 is 9.32 Å². The third-order valence-corrected chi connectivity index (χ3v) is 5.22. The van der Waals surface area contributed by atoms with Crippen molar-refractivity contribution in [1.82, 2.24) is 10.1 Å². The van der Waals surface area contributed by atoms with E-state index in [0.29, 0.717) is 28.1 Å². The second-order valence-electron chi connectivity index (χ2n) is 6.65. The number of rotatable bonds is 4. The van der Waals surface area contributed by atoms with Crippen LogP contribution in [-0.2, 0) is 0 Å². The number of anilines is 2. The van der Waals surface area contributed by atoms with Gasteiger partial charge >= 0.3 is 6.03 Å². The van der Waals surface area contributed by atoms with Gasteiger partial charge in [-0.3, -0.25) is 0 Å². The van der Waals surface area contributed by atoms with Gasteiger partial charge in [-0.1, -0.05) is 29.2 Å². The standard InChI is InChI=1S/C20H19ClN4O2/c1-12-16(21)6-3-7-17(12)23-20(26)22-15-10-8-13(9-11-15)18-24-19(27-25-18)14-4-2-5-14/h3,6-11,14H,2,4-5H2,1H3,(H2,22,23,26). The third-order valence-electron chi connectivity index (χ3n) is 4.81. The van der Waals surface area contributed by atoms with Crippen molar-refractivity contribution in [2.24, 2.45) is 0 Å². The van der Waals surface area contributed by atoms with Gasteiger partial charge in [0.05, 0.1) is 0 Å². The highest BCUT2D eigenvalue weighted by Crippen LogP contribution is 2.36. The summed E-state index contributed by atoms with van der Waals surface area (Å²) in [4.78, 5) is 16.7. The summed E-state index contributed by atoms with van der Waals surface area (Å²) in [6.45, 7) is 1.86. The Bertz CT molecular complexity index is 964. The maximum Gasteiger partial charge on any atom is 0.323 e. The molecule has 27 heavy (non-hydrogen) atoms. The van der Waals surface area contributed by atoms with Crippen molar-refractivity contribution in [3.05, 3.63) is 58.9 Å². The van der Waals surface area contributed by atoms with Crippen molar-refractivity contribution in [1.29, 1.82) is 0 Å². The first-order valence-electron chi connectivity index (χ1n) is 8.87. The zero-order valence-electron chi connectivity index (χ0n) is 14.8. The molecule has 1 saturated carbocycles. The Balaban J connectivity index is 1.40. The lowest BCUT2D eigenvalue weighted by atomic mass is 9.85. The predicted octanol–water partition coefficient (Wildman–Crippen LogP) is 5.61. The van der Waals surface area contributed by atoms with Crippen LogP contribution in [0.25, 0.3) is 11.4 Å². The van der Waals surface area contributed by atoms with Gasteiger partial charge in [-0.25, -0.2) is 4.79 Å². The predicted molar refractivity (Wildman–Crippen MR) is 105 cm³/mol. The molecule has 2 amide bonds. The van der Waals surface area contributed by atoms with Gasteiger partial charge in [-0.15, -0.1) is 0 Å². The molecular formula is C20H19ClN4O2. The van der Waals surface area contributed by atoms with Crippen molar-refractivity contribution in [2.45, 2.75) is 32.1 Å². The van der Waals surface area contributed by atoms with Crippen molar-refractivity contribution in [2.75, 3.05) is 10.6 Å². The highest BCUT2D eigenvalue weighted by molar-refractivity contribution is 6.31. The Morgan fingerprint density at radius 1 is 1.15 bits per heavy atom. The van der Waals surface area contributed by atoms with Crippen LogP contribution in [0.4, 0.5) is 16.2 Å². The van der Waals surface area contributed by atoms with Gasteiger partial charge in [0.25, 0.3) is 0 Å². The molecule has 2 N–H and O–H groups in total. The lowest BCUT2D eigenvalue weighted by Crippen LogP contribution is -2.19. The van der Waals surface area contributed by atoms with Crippen molar-refractivity contribution in [3.63, 3.8) is 0 Å². The molecule has 0 unspecified atom stereocenters. The SMILES string of the molecule is Cc1c(Cl)cccc1NC(=O)Nc1ccc(-c2noc(C3CCC3)n2)cc1. The van der Waals surface area contributed by atoms with Gasteiger partial charge in [0.15, 0.2) is 0 Å². The molecule has 0 spiro atoms. The molecule has 2 aromatic carbocycles. The number of hydrogen-bond acceptors (Lipinski definition) is 4. The molecule has 3 aromatic rings. The summed E-state index contributed by atoms with van der Waals surface area (Å²) in [5, 5.41) is 10.3. The van der Waals surface area contributed by atoms with E-state index in [4.69, 9.17) is 16.1 Å². The molecule has 1 aliphatic carbocycles. The molecular weight excluding hydrogens is 364 g/mol. The number of carbonyl (C=O) groups excluding carboxylic acids is 1. The van der Waals surface area contributed by atoms with Crippen LogP contribution < -0.4 is 10.6 Å². The van der Waals surface area contributed by atoms with E-state index in [9.17, 15) is 4.79 Å². The second kappa shape index (κ2) is 7.40. The Labute approximate surface area is 161 Å². The van der Waals surface area contributed by atoms with Gasteiger partial charge in [-0.05, 0) is 61.7 Å². The number of aromatic nitrogens is 2. The third kappa shape index (κ3) is 3.80. The number of carbonyl (C=O) groups is 1. The summed E-state index contributed by atoms with van der Waals surface area (Å²) in [5.41, 5.74) is 3.01. The van der Waals surface area contributed by atoms with E-state index in [1.165, 1.54) is 6.42 Å². The van der Waals surface area contributed by atoms with Gasteiger partial charge in [0.1, 0.15) is 0 Å². The van der Waals surface area contributed by atoms with Crippen LogP contribution in [0.3, 0.4) is 0 Å². The van der Waals surface area contributed by atoms with Crippen LogP contribution in [0.1, 0.15) is 36.6 Å². The fraction of sp³-hybridized carbons (Fsp3) is 0.250. The molecule has 4 rings (SSSR count). The van der Waals surface area contributed by atoms with Crippen molar-refractivity contribution in [3.8, 4) is 11.4 Å². The van der Waals surface area contributed by atoms with E-state index in [1.807, 2.05) is 19.1 Å². The molecule has 1 heterocycles. The fourth-order valence-corrected chi connectivity index (χ4v) is 3.08. The molecule has 1 aromatic heterocycles. The summed E-state index contributed by atoms with van der Waals surface area (Å²) in [7, 11) is 0. The normalized spacial score (nSPS) is 13.9. The summed E-state index contributed by atoms with van der Waals surface area (Å²) in [6.07, 6.45) is 3.46. The number of halogens is 1. The molecule has 0 aliphatic heterocycles. The molecule has 0 saturated heterocycles. The lowest BCUT2D eigenvalue weighted by molar-refractivity contribution is 0.262. The number of nitrogens with zero attached hydrogens (tertiary/aromatic N) is 2. The summed E-state index contributed by atoms with van der Waals surface area (Å²) in [6, 6.07) is 12.4. The number of benzene rings is 2.